The van der Waals surface area contributed by atoms with Crippen molar-refractivity contribution in [1.29, 1.82) is 0 Å². The molecule has 8 heteroatoms. The van der Waals surface area contributed by atoms with Crippen LogP contribution in [0.5, 0.6) is 0 Å². The second-order valence-corrected chi connectivity index (χ2v) is 12.2. The molecule has 1 heterocycles. The average molecular weight is 644 g/mol. The largest absolute Gasteiger partial charge is 0.508 e. The minimum absolute atomic E-state index is 0.105. The molecular weight excluding hydrogens is 582 g/mol. The summed E-state index contributed by atoms with van der Waals surface area (Å²) in [6.45, 7) is 13.3. The van der Waals surface area contributed by atoms with Crippen LogP contribution >= 0.6 is 0 Å². The first-order valence-electron chi connectivity index (χ1n) is 17.7. The van der Waals surface area contributed by atoms with Crippen LogP contribution in [0.1, 0.15) is 115 Å². The number of allylic oxidation sites excluding steroid dienone is 4. The summed E-state index contributed by atoms with van der Waals surface area (Å²) in [6.07, 6.45) is 18.9. The number of ether oxygens (including phenoxy) is 5. The molecule has 1 fully saturated rings. The summed E-state index contributed by atoms with van der Waals surface area (Å²) in [6, 6.07) is 5.82. The molecular formula is C38H61NO7. The van der Waals surface area contributed by atoms with Crippen LogP contribution in [-0.4, -0.2) is 62.8 Å². The van der Waals surface area contributed by atoms with Crippen molar-refractivity contribution in [3.05, 3.63) is 59.2 Å². The molecule has 0 N–H and O–H groups in total. The van der Waals surface area contributed by atoms with Gasteiger partial charge in [0, 0.05) is 32.1 Å². The summed E-state index contributed by atoms with van der Waals surface area (Å²) < 4.78 is 28.4. The van der Waals surface area contributed by atoms with Crippen molar-refractivity contribution in [2.24, 2.45) is 5.92 Å². The van der Waals surface area contributed by atoms with E-state index in [1.807, 2.05) is 25.1 Å². The Balaban J connectivity index is 1.74. The SMILES string of the molecule is CC/C=C\CCCCOC(CCC(=O)OCc1cc(C)cc(COC(=O)OCC2CCCN(CC)C2)c1)OCCCC/C=C\CC. The van der Waals surface area contributed by atoms with Crippen molar-refractivity contribution < 1.29 is 33.3 Å². The number of unbranched alkanes of at least 4 members (excludes halogenated alkanes) is 4. The van der Waals surface area contributed by atoms with Gasteiger partial charge < -0.3 is 28.6 Å². The monoisotopic (exact) mass is 643 g/mol. The lowest BCUT2D eigenvalue weighted by molar-refractivity contribution is -0.160. The zero-order chi connectivity index (χ0) is 33.2. The lowest BCUT2D eigenvalue weighted by Crippen LogP contribution is -2.37. The highest BCUT2D eigenvalue weighted by atomic mass is 16.7. The first-order valence-corrected chi connectivity index (χ1v) is 17.7. The highest BCUT2D eigenvalue weighted by molar-refractivity contribution is 5.69. The van der Waals surface area contributed by atoms with Crippen LogP contribution in [0.2, 0.25) is 0 Å². The lowest BCUT2D eigenvalue weighted by atomic mass is 9.99. The van der Waals surface area contributed by atoms with Gasteiger partial charge in [0.05, 0.1) is 13.0 Å². The molecule has 0 amide bonds. The molecule has 8 nitrogen and oxygen atoms in total. The third-order valence-corrected chi connectivity index (χ3v) is 7.97. The number of hydrogen-bond donors (Lipinski definition) is 0. The molecule has 1 unspecified atom stereocenters. The van der Waals surface area contributed by atoms with E-state index in [-0.39, 0.29) is 25.6 Å². The topological polar surface area (TPSA) is 83.5 Å². The van der Waals surface area contributed by atoms with Gasteiger partial charge in [0.25, 0.3) is 0 Å². The Labute approximate surface area is 278 Å². The van der Waals surface area contributed by atoms with Crippen LogP contribution in [0.25, 0.3) is 0 Å². The standard InChI is InChI=1S/C38H61NO7/c1-5-8-10-12-14-16-23-42-37(43-24-17-15-13-11-9-6-2)21-20-36(40)44-30-34-25-32(4)26-35(27-34)31-46-38(41)45-29-33-19-18-22-39(7-3)28-33/h8-11,25-27,33,37H,5-7,12-24,28-31H2,1-4H3/b10-8-,11-9-. The van der Waals surface area contributed by atoms with Gasteiger partial charge in [-0.05, 0) is 101 Å². The van der Waals surface area contributed by atoms with Gasteiger partial charge in [0.2, 0.25) is 0 Å². The zero-order valence-corrected chi connectivity index (χ0v) is 29.1. The number of piperidine rings is 1. The van der Waals surface area contributed by atoms with E-state index in [4.69, 9.17) is 23.7 Å². The van der Waals surface area contributed by atoms with Crippen LogP contribution in [0, 0.1) is 12.8 Å². The fourth-order valence-electron chi connectivity index (χ4n) is 5.47. The second kappa shape index (κ2) is 25.4. The number of hydrogen-bond acceptors (Lipinski definition) is 8. The Hall–Kier alpha value is -2.68. The maximum atomic E-state index is 12.7. The number of nitrogens with zero attached hydrogens (tertiary/aromatic N) is 1. The van der Waals surface area contributed by atoms with E-state index < -0.39 is 12.4 Å². The molecule has 0 spiro atoms. The number of rotatable bonds is 24. The first-order chi connectivity index (χ1) is 22.4. The Morgan fingerprint density at radius 2 is 1.48 bits per heavy atom. The van der Waals surface area contributed by atoms with E-state index in [1.165, 1.54) is 0 Å². The molecule has 0 aromatic heterocycles. The Morgan fingerprint density at radius 3 is 2.09 bits per heavy atom. The number of esters is 1. The number of carbonyl (C=O) groups is 2. The number of benzene rings is 1. The summed E-state index contributed by atoms with van der Waals surface area (Å²) >= 11 is 0. The molecule has 0 bridgehead atoms. The van der Waals surface area contributed by atoms with E-state index in [1.54, 1.807) is 0 Å². The predicted octanol–water partition coefficient (Wildman–Crippen LogP) is 8.84. The summed E-state index contributed by atoms with van der Waals surface area (Å²) in [7, 11) is 0. The molecule has 1 aromatic carbocycles. The zero-order valence-electron chi connectivity index (χ0n) is 29.1. The third kappa shape index (κ3) is 19.1. The lowest BCUT2D eigenvalue weighted by Gasteiger charge is -2.31. The number of aryl methyl sites for hydroxylation is 1. The van der Waals surface area contributed by atoms with Gasteiger partial charge in [-0.15, -0.1) is 0 Å². The smallest absolute Gasteiger partial charge is 0.461 e. The van der Waals surface area contributed by atoms with Crippen molar-refractivity contribution >= 4 is 12.1 Å². The number of likely N-dealkylation sites (tertiary alicyclic amines) is 1. The minimum atomic E-state index is -0.649. The van der Waals surface area contributed by atoms with Crippen LogP contribution < -0.4 is 0 Å². The van der Waals surface area contributed by atoms with Gasteiger partial charge in [-0.25, -0.2) is 4.79 Å². The molecule has 260 valence electrons. The highest BCUT2D eigenvalue weighted by Gasteiger charge is 2.20. The van der Waals surface area contributed by atoms with Crippen LogP contribution in [0.3, 0.4) is 0 Å². The van der Waals surface area contributed by atoms with Crippen molar-refractivity contribution in [2.75, 3.05) is 39.5 Å². The van der Waals surface area contributed by atoms with Crippen molar-refractivity contribution in [3.63, 3.8) is 0 Å². The Morgan fingerprint density at radius 1 is 0.848 bits per heavy atom. The molecule has 1 atom stereocenters. The summed E-state index contributed by atoms with van der Waals surface area (Å²) in [5.74, 6) is 0.0599. The fraction of sp³-hybridized carbons (Fsp3) is 0.684. The second-order valence-electron chi connectivity index (χ2n) is 12.2. The van der Waals surface area contributed by atoms with Crippen LogP contribution in [0.4, 0.5) is 4.79 Å². The molecule has 1 aliphatic rings. The molecule has 0 saturated carbocycles. The average Bonchev–Trinajstić information content (AvgIpc) is 3.06. The van der Waals surface area contributed by atoms with E-state index in [2.05, 4.69) is 50.0 Å². The van der Waals surface area contributed by atoms with Gasteiger partial charge in [-0.2, -0.15) is 0 Å². The fourth-order valence-corrected chi connectivity index (χ4v) is 5.47. The quantitative estimate of drug-likeness (QED) is 0.0478. The molecule has 1 saturated heterocycles. The first kappa shape index (κ1) is 39.5. The Kier molecular flexibility index (Phi) is 21.8. The minimum Gasteiger partial charge on any atom is -0.461 e. The molecule has 1 aromatic rings. The summed E-state index contributed by atoms with van der Waals surface area (Å²) in [5.41, 5.74) is 2.68. The summed E-state index contributed by atoms with van der Waals surface area (Å²) in [4.78, 5) is 27.3. The van der Waals surface area contributed by atoms with Gasteiger partial charge in [-0.3, -0.25) is 4.79 Å². The number of carbonyl (C=O) groups excluding carboxylic acids is 2. The molecule has 2 rings (SSSR count). The van der Waals surface area contributed by atoms with E-state index in [0.717, 1.165) is 101 Å². The third-order valence-electron chi connectivity index (χ3n) is 7.97. The van der Waals surface area contributed by atoms with E-state index in [0.29, 0.717) is 32.2 Å². The predicted molar refractivity (Wildman–Crippen MR) is 183 cm³/mol. The van der Waals surface area contributed by atoms with Gasteiger partial charge in [0.15, 0.2) is 6.29 Å². The van der Waals surface area contributed by atoms with Gasteiger partial charge >= 0.3 is 12.1 Å². The van der Waals surface area contributed by atoms with Gasteiger partial charge in [-0.1, -0.05) is 62.8 Å². The molecule has 46 heavy (non-hydrogen) atoms. The Bertz CT molecular complexity index is 1000. The maximum Gasteiger partial charge on any atom is 0.508 e. The molecule has 1 aliphatic heterocycles. The highest BCUT2D eigenvalue weighted by Crippen LogP contribution is 2.18. The van der Waals surface area contributed by atoms with Crippen molar-refractivity contribution in [1.82, 2.24) is 4.90 Å². The van der Waals surface area contributed by atoms with Crippen molar-refractivity contribution in [2.45, 2.75) is 124 Å². The van der Waals surface area contributed by atoms with Gasteiger partial charge in [0.1, 0.15) is 13.2 Å². The normalized spacial score (nSPS) is 15.6. The van der Waals surface area contributed by atoms with Crippen molar-refractivity contribution in [3.8, 4) is 0 Å². The summed E-state index contributed by atoms with van der Waals surface area (Å²) in [5, 5.41) is 0. The van der Waals surface area contributed by atoms with Crippen LogP contribution in [-0.2, 0) is 41.7 Å². The molecule has 0 aliphatic carbocycles. The van der Waals surface area contributed by atoms with E-state index in [9.17, 15) is 9.59 Å². The molecule has 0 radical (unpaired) electrons. The maximum absolute atomic E-state index is 12.7. The van der Waals surface area contributed by atoms with Crippen LogP contribution in [0.15, 0.2) is 42.5 Å². The van der Waals surface area contributed by atoms with E-state index >= 15 is 0 Å².